The second kappa shape index (κ2) is 7.17. The molecular weight excluding hydrogens is 451 g/mol. The Bertz CT molecular complexity index is 1210. The van der Waals surface area contributed by atoms with Crippen LogP contribution < -0.4 is 10.0 Å². The Hall–Kier alpha value is -2.24. The Balaban J connectivity index is 1.67. The van der Waals surface area contributed by atoms with Crippen LogP contribution >= 0.6 is 46.7 Å². The summed E-state index contributed by atoms with van der Waals surface area (Å²) in [4.78, 5) is 4.73. The molecule has 0 amide bonds. The van der Waals surface area contributed by atoms with E-state index >= 15 is 0 Å². The zero-order valence-corrected chi connectivity index (χ0v) is 18.7. The number of anilines is 4. The molecular formula is C24H14Cl2N2S2. The fourth-order valence-electron chi connectivity index (χ4n) is 3.85. The van der Waals surface area contributed by atoms with E-state index in [1.807, 2.05) is 24.3 Å². The summed E-state index contributed by atoms with van der Waals surface area (Å²) in [6.45, 7) is 0. The number of hydrazine groups is 1. The van der Waals surface area contributed by atoms with Crippen molar-refractivity contribution in [1.29, 1.82) is 0 Å². The number of benzene rings is 4. The zero-order valence-electron chi connectivity index (χ0n) is 15.5. The van der Waals surface area contributed by atoms with E-state index in [2.05, 4.69) is 70.7 Å². The molecule has 146 valence electrons. The highest BCUT2D eigenvalue weighted by Gasteiger charge is 2.34. The van der Waals surface area contributed by atoms with Crippen molar-refractivity contribution in [2.75, 3.05) is 10.0 Å². The van der Waals surface area contributed by atoms with Crippen LogP contribution in [-0.2, 0) is 0 Å². The van der Waals surface area contributed by atoms with Gasteiger partial charge in [-0.1, -0.05) is 71.0 Å². The van der Waals surface area contributed by atoms with Crippen LogP contribution in [0.5, 0.6) is 0 Å². The molecule has 30 heavy (non-hydrogen) atoms. The van der Waals surface area contributed by atoms with E-state index < -0.39 is 0 Å². The first-order chi connectivity index (χ1) is 14.7. The summed E-state index contributed by atoms with van der Waals surface area (Å²) in [5, 5.41) is 5.95. The van der Waals surface area contributed by atoms with Gasteiger partial charge >= 0.3 is 0 Å². The normalized spacial score (nSPS) is 13.9. The highest BCUT2D eigenvalue weighted by molar-refractivity contribution is 8.00. The van der Waals surface area contributed by atoms with Gasteiger partial charge in [0, 0.05) is 29.6 Å². The molecule has 0 unspecified atom stereocenters. The van der Waals surface area contributed by atoms with Crippen molar-refractivity contribution < 1.29 is 0 Å². The topological polar surface area (TPSA) is 6.48 Å². The molecule has 0 N–H and O–H groups in total. The molecule has 2 aliphatic rings. The van der Waals surface area contributed by atoms with Gasteiger partial charge < -0.3 is 0 Å². The molecule has 0 saturated heterocycles. The molecule has 6 rings (SSSR count). The van der Waals surface area contributed by atoms with Crippen LogP contribution in [0.25, 0.3) is 0 Å². The number of fused-ring (bicyclic) bond motifs is 4. The monoisotopic (exact) mass is 464 g/mol. The molecule has 0 aliphatic carbocycles. The molecule has 2 aliphatic heterocycles. The maximum absolute atomic E-state index is 6.45. The number of para-hydroxylation sites is 2. The predicted octanol–water partition coefficient (Wildman–Crippen LogP) is 8.81. The highest BCUT2D eigenvalue weighted by atomic mass is 35.5. The van der Waals surface area contributed by atoms with Gasteiger partial charge in [0.25, 0.3) is 0 Å². The molecule has 2 heterocycles. The Kier molecular flexibility index (Phi) is 4.43. The van der Waals surface area contributed by atoms with Gasteiger partial charge in [-0.3, -0.25) is 0 Å². The number of nitrogens with zero attached hydrogens (tertiary/aromatic N) is 2. The van der Waals surface area contributed by atoms with Crippen molar-refractivity contribution in [1.82, 2.24) is 0 Å². The molecule has 2 nitrogen and oxygen atoms in total. The Morgan fingerprint density at radius 2 is 0.867 bits per heavy atom. The minimum atomic E-state index is 0.713. The lowest BCUT2D eigenvalue weighted by atomic mass is 10.2. The minimum Gasteiger partial charge on any atom is -0.247 e. The molecule has 6 heteroatoms. The first kappa shape index (κ1) is 18.5. The average molecular weight is 465 g/mol. The molecule has 0 atom stereocenters. The number of hydrogen-bond acceptors (Lipinski definition) is 4. The molecule has 0 aromatic heterocycles. The van der Waals surface area contributed by atoms with E-state index in [1.54, 1.807) is 23.5 Å². The van der Waals surface area contributed by atoms with Crippen molar-refractivity contribution >= 4 is 69.5 Å². The van der Waals surface area contributed by atoms with Gasteiger partial charge in [-0.2, -0.15) is 0 Å². The van der Waals surface area contributed by atoms with Gasteiger partial charge in [-0.15, -0.1) is 0 Å². The zero-order chi connectivity index (χ0) is 20.2. The predicted molar refractivity (Wildman–Crippen MR) is 128 cm³/mol. The summed E-state index contributed by atoms with van der Waals surface area (Å²) in [6, 6.07) is 29.1. The fourth-order valence-corrected chi connectivity index (χ4v) is 6.24. The lowest BCUT2D eigenvalue weighted by Gasteiger charge is -2.44. The summed E-state index contributed by atoms with van der Waals surface area (Å²) in [5.74, 6) is 0. The summed E-state index contributed by atoms with van der Waals surface area (Å²) >= 11 is 16.4. The Morgan fingerprint density at radius 3 is 1.33 bits per heavy atom. The van der Waals surface area contributed by atoms with Gasteiger partial charge in [-0.05, 0) is 60.7 Å². The fraction of sp³-hybridized carbons (Fsp3) is 0. The minimum absolute atomic E-state index is 0.713. The third-order valence-corrected chi connectivity index (χ3v) is 7.86. The van der Waals surface area contributed by atoms with Crippen molar-refractivity contribution in [3.63, 3.8) is 0 Å². The van der Waals surface area contributed by atoms with Crippen LogP contribution in [0.1, 0.15) is 0 Å². The largest absolute Gasteiger partial charge is 0.247 e. The van der Waals surface area contributed by atoms with Crippen LogP contribution in [0.4, 0.5) is 22.7 Å². The molecule has 0 radical (unpaired) electrons. The lowest BCUT2D eigenvalue weighted by Crippen LogP contribution is -2.39. The third-order valence-electron chi connectivity index (χ3n) is 5.13. The average Bonchev–Trinajstić information content (AvgIpc) is 2.76. The smallest absolute Gasteiger partial charge is 0.0791 e. The number of halogens is 2. The van der Waals surface area contributed by atoms with Crippen LogP contribution in [0.2, 0.25) is 10.0 Å². The van der Waals surface area contributed by atoms with Crippen LogP contribution in [0.15, 0.2) is 105 Å². The Morgan fingerprint density at radius 1 is 0.467 bits per heavy atom. The van der Waals surface area contributed by atoms with Crippen LogP contribution in [-0.4, -0.2) is 0 Å². The van der Waals surface area contributed by atoms with Crippen molar-refractivity contribution in [2.24, 2.45) is 0 Å². The van der Waals surface area contributed by atoms with Crippen LogP contribution in [0.3, 0.4) is 0 Å². The first-order valence-corrected chi connectivity index (χ1v) is 11.8. The van der Waals surface area contributed by atoms with Crippen molar-refractivity contribution in [3.8, 4) is 0 Å². The molecule has 0 fully saturated rings. The summed E-state index contributed by atoms with van der Waals surface area (Å²) in [6.07, 6.45) is 0. The maximum atomic E-state index is 6.45. The quantitative estimate of drug-likeness (QED) is 0.277. The second-order valence-electron chi connectivity index (χ2n) is 6.99. The summed E-state index contributed by atoms with van der Waals surface area (Å²) in [5.41, 5.74) is 4.34. The van der Waals surface area contributed by atoms with Crippen molar-refractivity contribution in [3.05, 3.63) is 95.0 Å². The van der Waals surface area contributed by atoms with E-state index in [0.29, 0.717) is 10.0 Å². The Labute approximate surface area is 193 Å². The van der Waals surface area contributed by atoms with Crippen molar-refractivity contribution in [2.45, 2.75) is 19.6 Å². The number of hydrogen-bond donors (Lipinski definition) is 0. The standard InChI is InChI=1S/C24H14Cl2N2S2/c25-15-9-11-23-19(13-15)27(17-5-1-3-7-21(17)29-23)28-18-6-2-4-8-22(18)30-24-12-10-16(26)14-20(24)28/h1-14H. The van der Waals surface area contributed by atoms with Gasteiger partial charge in [0.2, 0.25) is 0 Å². The number of rotatable bonds is 1. The SMILES string of the molecule is Clc1ccc2c(c1)N(N1c3ccccc3Sc3ccc(Cl)cc31)c1ccccc1S2. The van der Waals surface area contributed by atoms with E-state index in [9.17, 15) is 0 Å². The van der Waals surface area contributed by atoms with Gasteiger partial charge in [0.05, 0.1) is 22.7 Å². The third kappa shape index (κ3) is 2.90. The summed E-state index contributed by atoms with van der Waals surface area (Å²) in [7, 11) is 0. The maximum Gasteiger partial charge on any atom is 0.0791 e. The van der Waals surface area contributed by atoms with E-state index in [4.69, 9.17) is 23.2 Å². The second-order valence-corrected chi connectivity index (χ2v) is 10.0. The molecule has 0 saturated carbocycles. The van der Waals surface area contributed by atoms with E-state index in [1.165, 1.54) is 9.79 Å². The van der Waals surface area contributed by atoms with Crippen LogP contribution in [0, 0.1) is 0 Å². The van der Waals surface area contributed by atoms with Gasteiger partial charge in [-0.25, -0.2) is 10.0 Å². The van der Waals surface area contributed by atoms with Gasteiger partial charge in [0.15, 0.2) is 0 Å². The molecule has 4 aromatic rings. The molecule has 4 aromatic carbocycles. The molecule has 0 spiro atoms. The molecule has 0 bridgehead atoms. The summed E-state index contributed by atoms with van der Waals surface area (Å²) < 4.78 is 0. The highest BCUT2D eigenvalue weighted by Crippen LogP contribution is 2.56. The van der Waals surface area contributed by atoms with E-state index in [-0.39, 0.29) is 0 Å². The van der Waals surface area contributed by atoms with E-state index in [0.717, 1.165) is 32.5 Å². The first-order valence-electron chi connectivity index (χ1n) is 9.42. The van der Waals surface area contributed by atoms with Gasteiger partial charge in [0.1, 0.15) is 0 Å². The lowest BCUT2D eigenvalue weighted by molar-refractivity contribution is 0.921.